The van der Waals surface area contributed by atoms with Gasteiger partial charge in [0.05, 0.1) is 0 Å². The summed E-state index contributed by atoms with van der Waals surface area (Å²) in [4.78, 5) is 26.7. The number of rotatable bonds is 7. The SMILES string of the molecule is C[C@@](O)(c1ccc(C(=O)N(C2CC2)C2CCC(COC(N)=O)(c3ccccc3)CC2)cc1)C(F)(F)F. The van der Waals surface area contributed by atoms with E-state index < -0.39 is 23.3 Å². The summed E-state index contributed by atoms with van der Waals surface area (Å²) in [6.45, 7) is 0.861. The van der Waals surface area contributed by atoms with E-state index >= 15 is 0 Å². The van der Waals surface area contributed by atoms with E-state index in [1.54, 1.807) is 0 Å². The van der Waals surface area contributed by atoms with E-state index in [1.165, 1.54) is 12.1 Å². The minimum absolute atomic E-state index is 0.0339. The van der Waals surface area contributed by atoms with Crippen LogP contribution in [0.4, 0.5) is 18.0 Å². The molecule has 0 heterocycles. The molecule has 0 unspecified atom stereocenters. The van der Waals surface area contributed by atoms with Crippen LogP contribution in [-0.4, -0.2) is 46.9 Å². The standard InChI is InChI=1S/C27H31F3N2O4/c1-25(35,27(28,29)30)19-9-7-18(8-10-19)23(33)32(21-11-12-21)22-13-15-26(16-14-22,17-36-24(31)34)20-5-3-2-4-6-20/h2-10,21-22,35H,11-17H2,1H3,(H2,31,34)/t22?,25-,26?/m1/s1. The molecule has 0 aromatic heterocycles. The smallest absolute Gasteiger partial charge is 0.421 e. The molecule has 1 atom stereocenters. The average Bonchev–Trinajstić information content (AvgIpc) is 3.69. The number of carbonyl (C=O) groups excluding carboxylic acids is 2. The topological polar surface area (TPSA) is 92.9 Å². The maximum absolute atomic E-state index is 13.5. The van der Waals surface area contributed by atoms with Crippen molar-refractivity contribution in [2.75, 3.05) is 6.61 Å². The summed E-state index contributed by atoms with van der Waals surface area (Å²) in [5.74, 6) is -0.221. The molecule has 0 saturated heterocycles. The summed E-state index contributed by atoms with van der Waals surface area (Å²) in [5, 5.41) is 9.92. The van der Waals surface area contributed by atoms with Crippen LogP contribution in [0.2, 0.25) is 0 Å². The third-order valence-electron chi connectivity index (χ3n) is 7.60. The zero-order valence-electron chi connectivity index (χ0n) is 20.1. The molecule has 0 aliphatic heterocycles. The van der Waals surface area contributed by atoms with Gasteiger partial charge in [-0.3, -0.25) is 4.79 Å². The number of benzene rings is 2. The van der Waals surface area contributed by atoms with Crippen LogP contribution in [0.15, 0.2) is 54.6 Å². The summed E-state index contributed by atoms with van der Waals surface area (Å²) in [7, 11) is 0. The Morgan fingerprint density at radius 3 is 2.06 bits per heavy atom. The fraction of sp³-hybridized carbons (Fsp3) is 0.481. The molecule has 9 heteroatoms. The Hall–Kier alpha value is -3.07. The van der Waals surface area contributed by atoms with Gasteiger partial charge in [0.15, 0.2) is 5.60 Å². The highest BCUT2D eigenvalue weighted by atomic mass is 19.4. The predicted molar refractivity (Wildman–Crippen MR) is 127 cm³/mol. The molecule has 2 aliphatic rings. The van der Waals surface area contributed by atoms with Crippen molar-refractivity contribution in [3.05, 3.63) is 71.3 Å². The Morgan fingerprint density at radius 2 is 1.56 bits per heavy atom. The molecule has 4 rings (SSSR count). The Bertz CT molecular complexity index is 1070. The van der Waals surface area contributed by atoms with Crippen molar-refractivity contribution in [3.63, 3.8) is 0 Å². The molecule has 2 saturated carbocycles. The number of ether oxygens (including phenoxy) is 1. The van der Waals surface area contributed by atoms with Crippen LogP contribution in [0, 0.1) is 0 Å². The van der Waals surface area contributed by atoms with E-state index in [-0.39, 0.29) is 30.2 Å². The van der Waals surface area contributed by atoms with E-state index in [0.717, 1.165) is 30.5 Å². The van der Waals surface area contributed by atoms with Crippen LogP contribution in [-0.2, 0) is 15.8 Å². The highest BCUT2D eigenvalue weighted by molar-refractivity contribution is 5.95. The van der Waals surface area contributed by atoms with Crippen molar-refractivity contribution < 1.29 is 32.6 Å². The number of aliphatic hydroxyl groups is 1. The lowest BCUT2D eigenvalue weighted by Crippen LogP contribution is -2.48. The van der Waals surface area contributed by atoms with E-state index in [9.17, 15) is 27.9 Å². The van der Waals surface area contributed by atoms with E-state index in [0.29, 0.717) is 38.2 Å². The van der Waals surface area contributed by atoms with Crippen LogP contribution < -0.4 is 5.73 Å². The van der Waals surface area contributed by atoms with Crippen molar-refractivity contribution in [3.8, 4) is 0 Å². The molecule has 2 aromatic rings. The molecular formula is C27H31F3N2O4. The fourth-order valence-corrected chi connectivity index (χ4v) is 5.18. The van der Waals surface area contributed by atoms with Crippen LogP contribution in [0.1, 0.15) is 66.9 Å². The molecule has 0 radical (unpaired) electrons. The van der Waals surface area contributed by atoms with Gasteiger partial charge in [-0.05, 0) is 68.7 Å². The van der Waals surface area contributed by atoms with Gasteiger partial charge in [0.2, 0.25) is 0 Å². The third kappa shape index (κ3) is 5.21. The summed E-state index contributed by atoms with van der Waals surface area (Å²) in [6.07, 6.45) is -1.10. The van der Waals surface area contributed by atoms with E-state index in [2.05, 4.69) is 0 Å². The third-order valence-corrected chi connectivity index (χ3v) is 7.60. The van der Waals surface area contributed by atoms with Crippen LogP contribution >= 0.6 is 0 Å². The molecule has 6 nitrogen and oxygen atoms in total. The van der Waals surface area contributed by atoms with Crippen molar-refractivity contribution in [1.29, 1.82) is 0 Å². The van der Waals surface area contributed by atoms with Gasteiger partial charge in [0.25, 0.3) is 5.91 Å². The normalized spacial score (nSPS) is 24.0. The van der Waals surface area contributed by atoms with Crippen LogP contribution in [0.5, 0.6) is 0 Å². The maximum Gasteiger partial charge on any atom is 0.421 e. The van der Waals surface area contributed by atoms with Gasteiger partial charge in [-0.2, -0.15) is 13.2 Å². The van der Waals surface area contributed by atoms with E-state index in [4.69, 9.17) is 10.5 Å². The number of alkyl halides is 3. The van der Waals surface area contributed by atoms with Crippen molar-refractivity contribution in [2.24, 2.45) is 5.73 Å². The van der Waals surface area contributed by atoms with Gasteiger partial charge in [0.1, 0.15) is 6.61 Å². The number of carbonyl (C=O) groups is 2. The number of hydrogen-bond donors (Lipinski definition) is 2. The molecule has 36 heavy (non-hydrogen) atoms. The number of primary amides is 1. The Balaban J connectivity index is 1.51. The first-order valence-corrected chi connectivity index (χ1v) is 12.1. The van der Waals surface area contributed by atoms with Gasteiger partial charge in [-0.25, -0.2) is 4.79 Å². The largest absolute Gasteiger partial charge is 0.449 e. The number of nitrogens with two attached hydrogens (primary N) is 1. The Labute approximate surface area is 208 Å². The van der Waals surface area contributed by atoms with Crippen molar-refractivity contribution in [2.45, 2.75) is 74.7 Å². The van der Waals surface area contributed by atoms with Gasteiger partial charge in [-0.1, -0.05) is 42.5 Å². The Kier molecular flexibility index (Phi) is 7.05. The van der Waals surface area contributed by atoms with E-state index in [1.807, 2.05) is 35.2 Å². The van der Waals surface area contributed by atoms with Crippen LogP contribution in [0.3, 0.4) is 0 Å². The first kappa shape index (κ1) is 26.0. The molecule has 194 valence electrons. The molecule has 2 amide bonds. The minimum atomic E-state index is -4.83. The minimum Gasteiger partial charge on any atom is -0.449 e. The van der Waals surface area contributed by atoms with Crippen molar-refractivity contribution in [1.82, 2.24) is 4.90 Å². The molecule has 2 aliphatic carbocycles. The highest BCUT2D eigenvalue weighted by Gasteiger charge is 2.51. The molecule has 2 fully saturated rings. The second kappa shape index (κ2) is 9.76. The quantitative estimate of drug-likeness (QED) is 0.553. The number of amides is 2. The molecule has 0 spiro atoms. The van der Waals surface area contributed by atoms with Gasteiger partial charge >= 0.3 is 12.3 Å². The number of nitrogens with zero attached hydrogens (tertiary/aromatic N) is 1. The second-order valence-electron chi connectivity index (χ2n) is 10.1. The lowest BCUT2D eigenvalue weighted by atomic mass is 9.68. The number of hydrogen-bond acceptors (Lipinski definition) is 4. The Morgan fingerprint density at radius 1 is 1.00 bits per heavy atom. The molecule has 0 bridgehead atoms. The highest BCUT2D eigenvalue weighted by Crippen LogP contribution is 2.44. The maximum atomic E-state index is 13.5. The zero-order valence-corrected chi connectivity index (χ0v) is 20.1. The molecular weight excluding hydrogens is 473 g/mol. The lowest BCUT2D eigenvalue weighted by Gasteiger charge is -2.43. The van der Waals surface area contributed by atoms with Crippen molar-refractivity contribution >= 4 is 12.0 Å². The monoisotopic (exact) mass is 504 g/mol. The summed E-state index contributed by atoms with van der Waals surface area (Å²) < 4.78 is 44.8. The van der Waals surface area contributed by atoms with Gasteiger partial charge in [-0.15, -0.1) is 0 Å². The summed E-state index contributed by atoms with van der Waals surface area (Å²) >= 11 is 0. The lowest BCUT2D eigenvalue weighted by molar-refractivity contribution is -0.258. The van der Waals surface area contributed by atoms with Gasteiger partial charge < -0.3 is 20.5 Å². The average molecular weight is 505 g/mol. The molecule has 2 aromatic carbocycles. The molecule has 3 N–H and O–H groups in total. The summed E-state index contributed by atoms with van der Waals surface area (Å²) in [5.41, 5.74) is 2.89. The van der Waals surface area contributed by atoms with Crippen LogP contribution in [0.25, 0.3) is 0 Å². The second-order valence-corrected chi connectivity index (χ2v) is 10.1. The van der Waals surface area contributed by atoms with Gasteiger partial charge in [0, 0.05) is 23.1 Å². The first-order valence-electron chi connectivity index (χ1n) is 12.1. The zero-order chi connectivity index (χ0) is 26.1. The first-order chi connectivity index (χ1) is 16.9. The number of halogens is 3. The predicted octanol–water partition coefficient (Wildman–Crippen LogP) is 5.04. The fourth-order valence-electron chi connectivity index (χ4n) is 5.18. The summed E-state index contributed by atoms with van der Waals surface area (Å²) in [6, 6.07) is 14.9.